The highest BCUT2D eigenvalue weighted by Gasteiger charge is 2.06. The molecule has 2 aromatic heterocycles. The average molecular weight is 228 g/mol. The maximum absolute atomic E-state index is 6.00. The van der Waals surface area contributed by atoms with E-state index >= 15 is 0 Å². The third kappa shape index (κ3) is 1.81. The third-order valence-electron chi connectivity index (χ3n) is 1.70. The minimum atomic E-state index is 0.309. The number of rotatable bonds is 2. The third-order valence-corrected chi connectivity index (χ3v) is 2.79. The van der Waals surface area contributed by atoms with Gasteiger partial charge in [-0.05, 0) is 25.3 Å². The SMILES string of the molecule is CC(C)Nc1nc(Cl)c2ccsc2n1. The molecule has 3 nitrogen and oxygen atoms in total. The summed E-state index contributed by atoms with van der Waals surface area (Å²) in [5, 5.41) is 6.53. The largest absolute Gasteiger partial charge is 0.352 e. The number of nitrogens with zero attached hydrogens (tertiary/aromatic N) is 2. The van der Waals surface area contributed by atoms with Gasteiger partial charge in [0.05, 0.1) is 0 Å². The second kappa shape index (κ2) is 3.71. The number of hydrogen-bond donors (Lipinski definition) is 1. The zero-order valence-electron chi connectivity index (χ0n) is 7.91. The first-order valence-corrected chi connectivity index (χ1v) is 5.60. The van der Waals surface area contributed by atoms with Gasteiger partial charge in [-0.1, -0.05) is 11.6 Å². The van der Waals surface area contributed by atoms with Crippen molar-refractivity contribution in [3.05, 3.63) is 16.6 Å². The van der Waals surface area contributed by atoms with E-state index < -0.39 is 0 Å². The molecule has 0 saturated heterocycles. The number of anilines is 1. The Morgan fingerprint density at radius 2 is 2.21 bits per heavy atom. The number of thiophene rings is 1. The Balaban J connectivity index is 2.47. The van der Waals surface area contributed by atoms with Crippen molar-refractivity contribution in [3.63, 3.8) is 0 Å². The van der Waals surface area contributed by atoms with Crippen LogP contribution in [0.15, 0.2) is 11.4 Å². The summed E-state index contributed by atoms with van der Waals surface area (Å²) in [6.45, 7) is 4.08. The van der Waals surface area contributed by atoms with E-state index in [-0.39, 0.29) is 0 Å². The van der Waals surface area contributed by atoms with Crippen LogP contribution in [0, 0.1) is 0 Å². The predicted molar refractivity (Wildman–Crippen MR) is 61.2 cm³/mol. The first-order valence-electron chi connectivity index (χ1n) is 4.34. The van der Waals surface area contributed by atoms with Crippen LogP contribution in [0.2, 0.25) is 5.15 Å². The lowest BCUT2D eigenvalue weighted by Gasteiger charge is -2.07. The van der Waals surface area contributed by atoms with Crippen molar-refractivity contribution in [1.82, 2.24) is 9.97 Å². The Bertz CT molecular complexity index is 452. The van der Waals surface area contributed by atoms with Crippen LogP contribution < -0.4 is 5.32 Å². The van der Waals surface area contributed by atoms with Gasteiger partial charge < -0.3 is 5.32 Å². The molecular weight excluding hydrogens is 218 g/mol. The van der Waals surface area contributed by atoms with Crippen molar-refractivity contribution in [3.8, 4) is 0 Å². The van der Waals surface area contributed by atoms with Crippen LogP contribution in [0.5, 0.6) is 0 Å². The Kier molecular flexibility index (Phi) is 2.56. The molecule has 5 heteroatoms. The number of hydrogen-bond acceptors (Lipinski definition) is 4. The summed E-state index contributed by atoms with van der Waals surface area (Å²) in [5.74, 6) is 0.597. The molecule has 0 fully saturated rings. The summed E-state index contributed by atoms with van der Waals surface area (Å²) < 4.78 is 0. The molecule has 14 heavy (non-hydrogen) atoms. The highest BCUT2D eigenvalue weighted by Crippen LogP contribution is 2.26. The van der Waals surface area contributed by atoms with Crippen LogP contribution in [0.3, 0.4) is 0 Å². The minimum absolute atomic E-state index is 0.309. The molecule has 0 aromatic carbocycles. The second-order valence-corrected chi connectivity index (χ2v) is 4.53. The molecule has 0 aliphatic carbocycles. The Morgan fingerprint density at radius 1 is 1.43 bits per heavy atom. The van der Waals surface area contributed by atoms with E-state index in [1.54, 1.807) is 11.3 Å². The summed E-state index contributed by atoms with van der Waals surface area (Å²) >= 11 is 7.57. The van der Waals surface area contributed by atoms with E-state index in [0.29, 0.717) is 17.1 Å². The second-order valence-electron chi connectivity index (χ2n) is 3.28. The molecule has 2 heterocycles. The molecule has 0 unspecified atom stereocenters. The monoisotopic (exact) mass is 227 g/mol. The van der Waals surface area contributed by atoms with Gasteiger partial charge in [0.1, 0.15) is 9.98 Å². The molecule has 0 atom stereocenters. The maximum Gasteiger partial charge on any atom is 0.225 e. The van der Waals surface area contributed by atoms with Crippen molar-refractivity contribution in [2.75, 3.05) is 5.32 Å². The summed E-state index contributed by atoms with van der Waals surface area (Å²) in [4.78, 5) is 9.44. The highest BCUT2D eigenvalue weighted by molar-refractivity contribution is 7.16. The molecule has 0 aliphatic heterocycles. The first kappa shape index (κ1) is 9.68. The molecule has 0 spiro atoms. The Hall–Kier alpha value is -0.870. The van der Waals surface area contributed by atoms with Gasteiger partial charge in [-0.15, -0.1) is 11.3 Å². The Labute approximate surface area is 91.1 Å². The van der Waals surface area contributed by atoms with Crippen LogP contribution in [0.25, 0.3) is 10.2 Å². The molecule has 0 saturated carbocycles. The standard InChI is InChI=1S/C9H10ClN3S/c1-5(2)11-9-12-7(10)6-3-4-14-8(6)13-9/h3-5H,1-2H3,(H,11,12,13). The van der Waals surface area contributed by atoms with Crippen LogP contribution in [0.4, 0.5) is 5.95 Å². The summed E-state index contributed by atoms with van der Waals surface area (Å²) in [6.07, 6.45) is 0. The fraction of sp³-hybridized carbons (Fsp3) is 0.333. The Morgan fingerprint density at radius 3 is 2.93 bits per heavy atom. The van der Waals surface area contributed by atoms with E-state index in [2.05, 4.69) is 15.3 Å². The van der Waals surface area contributed by atoms with Gasteiger partial charge >= 0.3 is 0 Å². The molecule has 2 rings (SSSR count). The zero-order valence-corrected chi connectivity index (χ0v) is 9.49. The summed E-state index contributed by atoms with van der Waals surface area (Å²) in [5.41, 5.74) is 0. The summed E-state index contributed by atoms with van der Waals surface area (Å²) in [6, 6.07) is 2.24. The number of nitrogens with one attached hydrogen (secondary N) is 1. The van der Waals surface area contributed by atoms with Crippen LogP contribution >= 0.6 is 22.9 Å². The molecule has 0 aliphatic rings. The number of fused-ring (bicyclic) bond motifs is 1. The molecule has 1 N–H and O–H groups in total. The highest BCUT2D eigenvalue weighted by atomic mass is 35.5. The number of halogens is 1. The molecule has 74 valence electrons. The van der Waals surface area contributed by atoms with Crippen molar-refractivity contribution < 1.29 is 0 Å². The van der Waals surface area contributed by atoms with Crippen LogP contribution in [-0.4, -0.2) is 16.0 Å². The maximum atomic E-state index is 6.00. The molecule has 0 bridgehead atoms. The lowest BCUT2D eigenvalue weighted by molar-refractivity contribution is 0.878. The predicted octanol–water partition coefficient (Wildman–Crippen LogP) is 3.17. The first-order chi connectivity index (χ1) is 6.66. The van der Waals surface area contributed by atoms with Crippen molar-refractivity contribution in [2.45, 2.75) is 19.9 Å². The fourth-order valence-electron chi connectivity index (χ4n) is 1.14. The molecule has 0 amide bonds. The molecule has 0 radical (unpaired) electrons. The average Bonchev–Trinajstić information content (AvgIpc) is 2.50. The zero-order chi connectivity index (χ0) is 10.1. The quantitative estimate of drug-likeness (QED) is 0.801. The lowest BCUT2D eigenvalue weighted by Crippen LogP contribution is -2.12. The van der Waals surface area contributed by atoms with E-state index in [1.165, 1.54) is 0 Å². The van der Waals surface area contributed by atoms with E-state index in [0.717, 1.165) is 10.2 Å². The smallest absolute Gasteiger partial charge is 0.225 e. The molecular formula is C9H10ClN3S. The van der Waals surface area contributed by atoms with E-state index in [4.69, 9.17) is 11.6 Å². The van der Waals surface area contributed by atoms with Gasteiger partial charge in [0.25, 0.3) is 0 Å². The molecule has 2 aromatic rings. The van der Waals surface area contributed by atoms with Gasteiger partial charge in [0, 0.05) is 11.4 Å². The van der Waals surface area contributed by atoms with Gasteiger partial charge in [-0.3, -0.25) is 0 Å². The van der Waals surface area contributed by atoms with Crippen LogP contribution in [-0.2, 0) is 0 Å². The number of aromatic nitrogens is 2. The van der Waals surface area contributed by atoms with Gasteiger partial charge in [-0.25, -0.2) is 9.97 Å². The van der Waals surface area contributed by atoms with Gasteiger partial charge in [0.2, 0.25) is 5.95 Å². The van der Waals surface area contributed by atoms with Crippen LogP contribution in [0.1, 0.15) is 13.8 Å². The summed E-state index contributed by atoms with van der Waals surface area (Å²) in [7, 11) is 0. The van der Waals surface area contributed by atoms with Crippen molar-refractivity contribution >= 4 is 39.1 Å². The van der Waals surface area contributed by atoms with Gasteiger partial charge in [0.15, 0.2) is 0 Å². The van der Waals surface area contributed by atoms with Crippen molar-refractivity contribution in [2.24, 2.45) is 0 Å². The lowest BCUT2D eigenvalue weighted by atomic mass is 10.4. The van der Waals surface area contributed by atoms with Crippen molar-refractivity contribution in [1.29, 1.82) is 0 Å². The normalized spacial score (nSPS) is 11.1. The minimum Gasteiger partial charge on any atom is -0.352 e. The topological polar surface area (TPSA) is 37.8 Å². The van der Waals surface area contributed by atoms with E-state index in [9.17, 15) is 0 Å². The fourth-order valence-corrected chi connectivity index (χ4v) is 2.19. The van der Waals surface area contributed by atoms with E-state index in [1.807, 2.05) is 25.3 Å². The van der Waals surface area contributed by atoms with Gasteiger partial charge in [-0.2, -0.15) is 0 Å².